The number of thioether (sulfide) groups is 1. The van der Waals surface area contributed by atoms with Gasteiger partial charge in [-0.05, 0) is 31.2 Å². The van der Waals surface area contributed by atoms with Gasteiger partial charge in [-0.15, -0.1) is 11.8 Å². The van der Waals surface area contributed by atoms with Crippen molar-refractivity contribution in [3.8, 4) is 0 Å². The van der Waals surface area contributed by atoms with Gasteiger partial charge in [0.25, 0.3) is 0 Å². The van der Waals surface area contributed by atoms with Crippen LogP contribution in [0.3, 0.4) is 0 Å². The van der Waals surface area contributed by atoms with E-state index in [4.69, 9.17) is 11.6 Å². The lowest BCUT2D eigenvalue weighted by Crippen LogP contribution is -2.36. The molecule has 1 N–H and O–H groups in total. The zero-order chi connectivity index (χ0) is 13.4. The molecule has 0 fully saturated rings. The number of nitrogens with one attached hydrogen (secondary N) is 1. The molecular formula is C13H20ClN3S. The molecule has 0 aliphatic heterocycles. The van der Waals surface area contributed by atoms with E-state index < -0.39 is 0 Å². The van der Waals surface area contributed by atoms with Crippen LogP contribution in [0.2, 0.25) is 5.02 Å². The molecule has 0 atom stereocenters. The lowest BCUT2D eigenvalue weighted by molar-refractivity contribution is 0.585. The third kappa shape index (κ3) is 5.65. The van der Waals surface area contributed by atoms with E-state index in [0.29, 0.717) is 0 Å². The van der Waals surface area contributed by atoms with Crippen LogP contribution in [0.4, 0.5) is 0 Å². The Morgan fingerprint density at radius 3 is 2.56 bits per heavy atom. The van der Waals surface area contributed by atoms with Gasteiger partial charge in [0.1, 0.15) is 0 Å². The summed E-state index contributed by atoms with van der Waals surface area (Å²) < 4.78 is 0. The van der Waals surface area contributed by atoms with Gasteiger partial charge in [0.15, 0.2) is 5.96 Å². The highest BCUT2D eigenvalue weighted by molar-refractivity contribution is 7.99. The first-order valence-electron chi connectivity index (χ1n) is 5.97. The fourth-order valence-corrected chi connectivity index (χ4v) is 2.23. The van der Waals surface area contributed by atoms with E-state index in [0.717, 1.165) is 29.8 Å². The Balaban J connectivity index is 2.36. The largest absolute Gasteiger partial charge is 0.357 e. The van der Waals surface area contributed by atoms with Crippen molar-refractivity contribution in [2.45, 2.75) is 11.8 Å². The van der Waals surface area contributed by atoms with Crippen LogP contribution in [-0.2, 0) is 0 Å². The molecule has 0 radical (unpaired) electrons. The van der Waals surface area contributed by atoms with Gasteiger partial charge in [0.2, 0.25) is 0 Å². The molecule has 0 saturated heterocycles. The summed E-state index contributed by atoms with van der Waals surface area (Å²) >= 11 is 7.63. The number of nitrogens with zero attached hydrogens (tertiary/aromatic N) is 2. The molecule has 0 unspecified atom stereocenters. The molecule has 0 aliphatic carbocycles. The average molecular weight is 286 g/mol. The van der Waals surface area contributed by atoms with Gasteiger partial charge >= 0.3 is 0 Å². The molecule has 1 rings (SSSR count). The Morgan fingerprint density at radius 1 is 1.33 bits per heavy atom. The van der Waals surface area contributed by atoms with Gasteiger partial charge in [-0.1, -0.05) is 11.6 Å². The molecule has 0 aromatic heterocycles. The van der Waals surface area contributed by atoms with Crippen molar-refractivity contribution in [2.75, 3.05) is 32.9 Å². The van der Waals surface area contributed by atoms with Crippen molar-refractivity contribution in [3.63, 3.8) is 0 Å². The number of guanidine groups is 1. The zero-order valence-electron chi connectivity index (χ0n) is 11.1. The maximum Gasteiger partial charge on any atom is 0.193 e. The fraction of sp³-hybridized carbons (Fsp3) is 0.462. The van der Waals surface area contributed by atoms with Crippen LogP contribution in [0, 0.1) is 0 Å². The number of aliphatic imine (C=N–C) groups is 1. The summed E-state index contributed by atoms with van der Waals surface area (Å²) in [7, 11) is 3.99. The van der Waals surface area contributed by atoms with E-state index in [1.54, 1.807) is 11.8 Å². The minimum atomic E-state index is 0.777. The van der Waals surface area contributed by atoms with Crippen LogP contribution in [0.25, 0.3) is 0 Å². The Bertz CT molecular complexity index is 376. The van der Waals surface area contributed by atoms with Crippen molar-refractivity contribution >= 4 is 29.3 Å². The molecule has 0 saturated carbocycles. The Labute approximate surface area is 119 Å². The first-order valence-corrected chi connectivity index (χ1v) is 7.34. The second kappa shape index (κ2) is 8.27. The molecule has 1 aromatic rings. The van der Waals surface area contributed by atoms with Crippen LogP contribution in [-0.4, -0.2) is 43.8 Å². The third-order valence-electron chi connectivity index (χ3n) is 2.19. The highest BCUT2D eigenvalue weighted by Gasteiger charge is 1.99. The summed E-state index contributed by atoms with van der Waals surface area (Å²) in [5.74, 6) is 1.90. The molecule has 0 spiro atoms. The van der Waals surface area contributed by atoms with E-state index in [9.17, 15) is 0 Å². The van der Waals surface area contributed by atoms with E-state index >= 15 is 0 Å². The number of hydrogen-bond donors (Lipinski definition) is 1. The highest BCUT2D eigenvalue weighted by atomic mass is 35.5. The number of benzene rings is 1. The van der Waals surface area contributed by atoms with E-state index in [-0.39, 0.29) is 0 Å². The standard InChI is InChI=1S/C13H20ClN3S/c1-4-15-13(17(2)3)16-9-10-18-12-7-5-11(14)6-8-12/h5-8H,4,9-10H2,1-3H3,(H,15,16). The summed E-state index contributed by atoms with van der Waals surface area (Å²) in [6.45, 7) is 3.76. The minimum absolute atomic E-state index is 0.777. The summed E-state index contributed by atoms with van der Waals surface area (Å²) in [5, 5.41) is 4.01. The molecular weight excluding hydrogens is 266 g/mol. The van der Waals surface area contributed by atoms with Gasteiger partial charge in [-0.3, -0.25) is 4.99 Å². The van der Waals surface area contributed by atoms with Crippen LogP contribution >= 0.6 is 23.4 Å². The second-order valence-electron chi connectivity index (χ2n) is 3.93. The van der Waals surface area contributed by atoms with Crippen LogP contribution in [0.5, 0.6) is 0 Å². The Hall–Kier alpha value is -0.870. The van der Waals surface area contributed by atoms with Gasteiger partial charge in [-0.25, -0.2) is 0 Å². The predicted octanol–water partition coefficient (Wildman–Crippen LogP) is 2.96. The van der Waals surface area contributed by atoms with Crippen LogP contribution in [0.15, 0.2) is 34.2 Å². The van der Waals surface area contributed by atoms with Crippen molar-refractivity contribution < 1.29 is 0 Å². The maximum absolute atomic E-state index is 5.84. The summed E-state index contributed by atoms with van der Waals surface area (Å²) in [6, 6.07) is 7.90. The van der Waals surface area contributed by atoms with Gasteiger partial charge in [-0.2, -0.15) is 0 Å². The van der Waals surface area contributed by atoms with Crippen LogP contribution < -0.4 is 5.32 Å². The normalized spacial score (nSPS) is 11.4. The highest BCUT2D eigenvalue weighted by Crippen LogP contribution is 2.19. The van der Waals surface area contributed by atoms with Crippen molar-refractivity contribution in [1.29, 1.82) is 0 Å². The third-order valence-corrected chi connectivity index (χ3v) is 3.44. The number of halogens is 1. The number of rotatable bonds is 5. The molecule has 0 aliphatic rings. The first kappa shape index (κ1) is 15.2. The quantitative estimate of drug-likeness (QED) is 0.390. The number of hydrogen-bond acceptors (Lipinski definition) is 2. The molecule has 18 heavy (non-hydrogen) atoms. The Kier molecular flexibility index (Phi) is 6.98. The summed E-state index contributed by atoms with van der Waals surface area (Å²) in [6.07, 6.45) is 0. The first-order chi connectivity index (χ1) is 8.63. The van der Waals surface area contributed by atoms with Crippen LogP contribution in [0.1, 0.15) is 6.92 Å². The van der Waals surface area contributed by atoms with Crippen molar-refractivity contribution in [2.24, 2.45) is 4.99 Å². The van der Waals surface area contributed by atoms with Gasteiger partial charge in [0, 0.05) is 36.3 Å². The topological polar surface area (TPSA) is 27.6 Å². The molecule has 0 amide bonds. The molecule has 0 bridgehead atoms. The lowest BCUT2D eigenvalue weighted by atomic mass is 10.4. The van der Waals surface area contributed by atoms with E-state index in [1.165, 1.54) is 4.90 Å². The smallest absolute Gasteiger partial charge is 0.193 e. The average Bonchev–Trinajstić information content (AvgIpc) is 2.35. The molecule has 100 valence electrons. The second-order valence-corrected chi connectivity index (χ2v) is 5.54. The van der Waals surface area contributed by atoms with Gasteiger partial charge in [0.05, 0.1) is 6.54 Å². The Morgan fingerprint density at radius 2 is 2.00 bits per heavy atom. The zero-order valence-corrected chi connectivity index (χ0v) is 12.7. The van der Waals surface area contributed by atoms with Gasteiger partial charge < -0.3 is 10.2 Å². The molecule has 0 heterocycles. The minimum Gasteiger partial charge on any atom is -0.357 e. The SMILES string of the molecule is CCNC(=NCCSc1ccc(Cl)cc1)N(C)C. The molecule has 5 heteroatoms. The lowest BCUT2D eigenvalue weighted by Gasteiger charge is -2.16. The maximum atomic E-state index is 5.84. The summed E-state index contributed by atoms with van der Waals surface area (Å²) in [5.41, 5.74) is 0. The van der Waals surface area contributed by atoms with E-state index in [2.05, 4.69) is 17.2 Å². The predicted molar refractivity (Wildman–Crippen MR) is 81.8 cm³/mol. The fourth-order valence-electron chi connectivity index (χ4n) is 1.36. The molecule has 3 nitrogen and oxygen atoms in total. The van der Waals surface area contributed by atoms with Crippen molar-refractivity contribution in [1.82, 2.24) is 10.2 Å². The van der Waals surface area contributed by atoms with Crippen molar-refractivity contribution in [3.05, 3.63) is 29.3 Å². The summed E-state index contributed by atoms with van der Waals surface area (Å²) in [4.78, 5) is 7.75. The monoisotopic (exact) mass is 285 g/mol. The van der Waals surface area contributed by atoms with E-state index in [1.807, 2.05) is 43.3 Å². The molecule has 1 aromatic carbocycles.